The quantitative estimate of drug-likeness (QED) is 0.717. The predicted octanol–water partition coefficient (Wildman–Crippen LogP) is 2.45. The Morgan fingerprint density at radius 1 is 1.47 bits per heavy atom. The van der Waals surface area contributed by atoms with Gasteiger partial charge in [-0.25, -0.2) is 4.98 Å². The molecular weight excluding hydrogens is 236 g/mol. The minimum atomic E-state index is 0.269. The second-order valence-corrected chi connectivity index (χ2v) is 5.05. The number of hydrogen-bond acceptors (Lipinski definition) is 4. The highest BCUT2D eigenvalue weighted by molar-refractivity contribution is 6.28. The van der Waals surface area contributed by atoms with E-state index in [1.54, 1.807) is 6.20 Å². The summed E-state index contributed by atoms with van der Waals surface area (Å²) in [6.45, 7) is 6.32. The standard InChI is InChI=1S/C12H15ClN4/c1-7-8(2)17(9-4-5-9)11-10(16(7)3)6-14-12(13)15-11/h6,8-9H,1,4-5H2,2-3H3. The van der Waals surface area contributed by atoms with Crippen LogP contribution in [0, 0.1) is 0 Å². The molecule has 1 aliphatic heterocycles. The van der Waals surface area contributed by atoms with Gasteiger partial charge in [0.25, 0.3) is 0 Å². The van der Waals surface area contributed by atoms with Crippen LogP contribution in [-0.4, -0.2) is 29.1 Å². The molecule has 0 N–H and O–H groups in total. The first-order valence-corrected chi connectivity index (χ1v) is 6.21. The summed E-state index contributed by atoms with van der Waals surface area (Å²) >= 11 is 5.91. The predicted molar refractivity (Wildman–Crippen MR) is 69.5 cm³/mol. The lowest BCUT2D eigenvalue weighted by atomic mass is 10.1. The zero-order valence-corrected chi connectivity index (χ0v) is 10.8. The van der Waals surface area contributed by atoms with Gasteiger partial charge in [0.05, 0.1) is 12.2 Å². The van der Waals surface area contributed by atoms with E-state index in [0.29, 0.717) is 11.3 Å². The molecule has 2 aliphatic rings. The Kier molecular flexibility index (Phi) is 2.30. The van der Waals surface area contributed by atoms with Crippen LogP contribution in [0.4, 0.5) is 11.5 Å². The van der Waals surface area contributed by atoms with Crippen molar-refractivity contribution in [2.45, 2.75) is 31.8 Å². The van der Waals surface area contributed by atoms with Gasteiger partial charge in [0.1, 0.15) is 5.69 Å². The van der Waals surface area contributed by atoms with Crippen LogP contribution in [0.2, 0.25) is 5.28 Å². The number of likely N-dealkylation sites (N-methyl/N-ethyl adjacent to an activating group) is 1. The lowest BCUT2D eigenvalue weighted by Crippen LogP contribution is -2.46. The lowest BCUT2D eigenvalue weighted by Gasteiger charge is -2.42. The maximum atomic E-state index is 5.91. The Balaban J connectivity index is 2.14. The second kappa shape index (κ2) is 3.60. The second-order valence-electron chi connectivity index (χ2n) is 4.71. The van der Waals surface area contributed by atoms with Crippen molar-refractivity contribution in [3.05, 3.63) is 23.8 Å². The molecule has 1 unspecified atom stereocenters. The monoisotopic (exact) mass is 250 g/mol. The molecule has 1 atom stereocenters. The average Bonchev–Trinajstić information content (AvgIpc) is 3.10. The molecule has 0 aromatic carbocycles. The third kappa shape index (κ3) is 1.59. The van der Waals surface area contributed by atoms with Crippen molar-refractivity contribution in [1.29, 1.82) is 0 Å². The maximum Gasteiger partial charge on any atom is 0.224 e. The molecule has 4 nitrogen and oxygen atoms in total. The topological polar surface area (TPSA) is 32.3 Å². The Morgan fingerprint density at radius 3 is 2.82 bits per heavy atom. The molecule has 1 fully saturated rings. The number of hydrogen-bond donors (Lipinski definition) is 0. The summed E-state index contributed by atoms with van der Waals surface area (Å²) in [6.07, 6.45) is 4.22. The van der Waals surface area contributed by atoms with Gasteiger partial charge in [-0.2, -0.15) is 4.98 Å². The van der Waals surface area contributed by atoms with Crippen molar-refractivity contribution < 1.29 is 0 Å². The number of rotatable bonds is 1. The van der Waals surface area contributed by atoms with E-state index in [1.807, 2.05) is 7.05 Å². The van der Waals surface area contributed by atoms with Gasteiger partial charge in [-0.05, 0) is 31.4 Å². The molecule has 2 heterocycles. The Hall–Kier alpha value is -1.29. The molecular formula is C12H15ClN4. The summed E-state index contributed by atoms with van der Waals surface area (Å²) in [5.74, 6) is 0.940. The smallest absolute Gasteiger partial charge is 0.224 e. The number of anilines is 2. The van der Waals surface area contributed by atoms with Crippen LogP contribution in [0.25, 0.3) is 0 Å². The fourth-order valence-electron chi connectivity index (χ4n) is 2.39. The number of nitrogens with zero attached hydrogens (tertiary/aromatic N) is 4. The van der Waals surface area contributed by atoms with Gasteiger partial charge in [-0.3, -0.25) is 0 Å². The Bertz CT molecular complexity index is 483. The summed E-state index contributed by atoms with van der Waals surface area (Å²) < 4.78 is 0. The zero-order valence-electron chi connectivity index (χ0n) is 10.0. The summed E-state index contributed by atoms with van der Waals surface area (Å²) in [6, 6.07) is 0.853. The summed E-state index contributed by atoms with van der Waals surface area (Å²) in [5, 5.41) is 0.308. The van der Waals surface area contributed by atoms with Crippen LogP contribution in [-0.2, 0) is 0 Å². The lowest BCUT2D eigenvalue weighted by molar-refractivity contribution is 0.652. The third-order valence-electron chi connectivity index (χ3n) is 3.60. The van der Waals surface area contributed by atoms with E-state index in [4.69, 9.17) is 11.6 Å². The fraction of sp³-hybridized carbons (Fsp3) is 0.500. The molecule has 5 heteroatoms. The molecule has 0 saturated heterocycles. The van der Waals surface area contributed by atoms with Crippen LogP contribution in [0.1, 0.15) is 19.8 Å². The molecule has 3 rings (SSSR count). The Morgan fingerprint density at radius 2 is 2.18 bits per heavy atom. The molecule has 90 valence electrons. The van der Waals surface area contributed by atoms with E-state index in [1.165, 1.54) is 12.8 Å². The van der Waals surface area contributed by atoms with Crippen molar-refractivity contribution in [3.8, 4) is 0 Å². The van der Waals surface area contributed by atoms with E-state index >= 15 is 0 Å². The summed E-state index contributed by atoms with van der Waals surface area (Å²) in [7, 11) is 2.00. The third-order valence-corrected chi connectivity index (χ3v) is 3.78. The average molecular weight is 251 g/mol. The zero-order chi connectivity index (χ0) is 12.2. The first-order chi connectivity index (χ1) is 8.09. The van der Waals surface area contributed by atoms with Gasteiger partial charge >= 0.3 is 0 Å². The molecule has 0 bridgehead atoms. The normalized spacial score (nSPS) is 23.9. The van der Waals surface area contributed by atoms with Crippen LogP contribution < -0.4 is 9.80 Å². The molecule has 1 aromatic heterocycles. The molecule has 0 amide bonds. The van der Waals surface area contributed by atoms with E-state index in [0.717, 1.165) is 17.2 Å². The van der Waals surface area contributed by atoms with Crippen molar-refractivity contribution in [2.75, 3.05) is 16.8 Å². The highest BCUT2D eigenvalue weighted by atomic mass is 35.5. The number of fused-ring (bicyclic) bond motifs is 1. The van der Waals surface area contributed by atoms with Gasteiger partial charge in [0, 0.05) is 18.8 Å². The number of aromatic nitrogens is 2. The molecule has 17 heavy (non-hydrogen) atoms. The first kappa shape index (κ1) is 10.8. The molecule has 1 aliphatic carbocycles. The van der Waals surface area contributed by atoms with Gasteiger partial charge in [-0.15, -0.1) is 0 Å². The van der Waals surface area contributed by atoms with Crippen molar-refractivity contribution >= 4 is 23.1 Å². The summed E-state index contributed by atoms with van der Waals surface area (Å²) in [4.78, 5) is 12.8. The van der Waals surface area contributed by atoms with Crippen LogP contribution >= 0.6 is 11.6 Å². The van der Waals surface area contributed by atoms with Crippen molar-refractivity contribution in [2.24, 2.45) is 0 Å². The highest BCUT2D eigenvalue weighted by Gasteiger charge is 2.40. The van der Waals surface area contributed by atoms with Gasteiger partial charge in [-0.1, -0.05) is 6.58 Å². The van der Waals surface area contributed by atoms with Crippen molar-refractivity contribution in [3.63, 3.8) is 0 Å². The van der Waals surface area contributed by atoms with Gasteiger partial charge < -0.3 is 9.80 Å². The van der Waals surface area contributed by atoms with E-state index in [2.05, 4.69) is 33.3 Å². The van der Waals surface area contributed by atoms with Crippen LogP contribution in [0.5, 0.6) is 0 Å². The SMILES string of the molecule is C=C1C(C)N(C2CC2)c2nc(Cl)ncc2N1C. The van der Waals surface area contributed by atoms with E-state index in [-0.39, 0.29) is 6.04 Å². The van der Waals surface area contributed by atoms with Crippen molar-refractivity contribution in [1.82, 2.24) is 9.97 Å². The summed E-state index contributed by atoms with van der Waals surface area (Å²) in [5.41, 5.74) is 2.07. The molecule has 0 spiro atoms. The van der Waals surface area contributed by atoms with E-state index < -0.39 is 0 Å². The van der Waals surface area contributed by atoms with E-state index in [9.17, 15) is 0 Å². The molecule has 1 saturated carbocycles. The Labute approximate surface area is 106 Å². The molecule has 0 radical (unpaired) electrons. The fourth-order valence-corrected chi connectivity index (χ4v) is 2.52. The first-order valence-electron chi connectivity index (χ1n) is 5.83. The van der Waals surface area contributed by atoms with Gasteiger partial charge in [0.2, 0.25) is 5.28 Å². The highest BCUT2D eigenvalue weighted by Crippen LogP contribution is 2.43. The van der Waals surface area contributed by atoms with Crippen LogP contribution in [0.15, 0.2) is 18.5 Å². The van der Waals surface area contributed by atoms with Gasteiger partial charge in [0.15, 0.2) is 5.82 Å². The molecule has 1 aromatic rings. The van der Waals surface area contributed by atoms with Crippen LogP contribution in [0.3, 0.4) is 0 Å². The minimum Gasteiger partial charge on any atom is -0.344 e. The maximum absolute atomic E-state index is 5.91. The number of halogens is 1. The minimum absolute atomic E-state index is 0.269. The largest absolute Gasteiger partial charge is 0.344 e.